The number of fused-ring (bicyclic) bond motifs is 3. The van der Waals surface area contributed by atoms with Crippen molar-refractivity contribution >= 4 is 33.4 Å². The minimum atomic E-state index is 0.337. The second-order valence-corrected chi connectivity index (χ2v) is 8.83. The van der Waals surface area contributed by atoms with Gasteiger partial charge >= 0.3 is 0 Å². The van der Waals surface area contributed by atoms with Crippen molar-refractivity contribution in [3.63, 3.8) is 0 Å². The van der Waals surface area contributed by atoms with E-state index in [9.17, 15) is 0 Å². The second kappa shape index (κ2) is 8.28. The summed E-state index contributed by atoms with van der Waals surface area (Å²) in [5.41, 5.74) is 5.05. The van der Waals surface area contributed by atoms with Crippen molar-refractivity contribution in [1.29, 1.82) is 0 Å². The summed E-state index contributed by atoms with van der Waals surface area (Å²) in [6.45, 7) is 7.79. The molecular formula is C25H24ClN5O. The van der Waals surface area contributed by atoms with Crippen LogP contribution in [0.5, 0.6) is 5.75 Å². The van der Waals surface area contributed by atoms with Gasteiger partial charge in [-0.2, -0.15) is 0 Å². The van der Waals surface area contributed by atoms with E-state index in [1.165, 1.54) is 16.3 Å². The zero-order chi connectivity index (χ0) is 22.2. The van der Waals surface area contributed by atoms with E-state index in [2.05, 4.69) is 58.8 Å². The Kier molecular flexibility index (Phi) is 5.31. The maximum Gasteiger partial charge on any atom is 0.134 e. The minimum absolute atomic E-state index is 0.337. The minimum Gasteiger partial charge on any atom is -0.487 e. The van der Waals surface area contributed by atoms with Crippen LogP contribution < -0.4 is 4.74 Å². The summed E-state index contributed by atoms with van der Waals surface area (Å²) in [7, 11) is 0. The fourth-order valence-electron chi connectivity index (χ4n) is 4.09. The first-order chi connectivity index (χ1) is 15.5. The molecule has 0 fully saturated rings. The van der Waals surface area contributed by atoms with Crippen LogP contribution in [0.1, 0.15) is 25.2 Å². The molecule has 0 radical (unpaired) electrons. The fourth-order valence-corrected chi connectivity index (χ4v) is 4.21. The number of aryl methyl sites for hydroxylation is 1. The standard InChI is InChI=1S/C25H24ClN5O/c1-16(2)13-30-24-12-21(8-9-22(24)23-10-11-27-17(3)25(23)30)32-15-19-14-31(29-28-19)20-6-4-18(26)5-7-20/h4-12,14,16H,13,15H2,1-3H3. The Hall–Kier alpha value is -3.38. The Morgan fingerprint density at radius 1 is 1.03 bits per heavy atom. The number of benzene rings is 2. The van der Waals surface area contributed by atoms with Crippen molar-refractivity contribution < 1.29 is 4.74 Å². The SMILES string of the molecule is Cc1nccc2c3ccc(OCc4cn(-c5ccc(Cl)cc5)nn4)cc3n(CC(C)C)c12. The zero-order valence-electron chi connectivity index (χ0n) is 18.3. The molecule has 3 aromatic heterocycles. The van der Waals surface area contributed by atoms with Crippen molar-refractivity contribution in [2.24, 2.45) is 5.92 Å². The molecule has 0 atom stereocenters. The van der Waals surface area contributed by atoms with E-state index < -0.39 is 0 Å². The molecule has 5 rings (SSSR count). The van der Waals surface area contributed by atoms with Crippen molar-refractivity contribution in [1.82, 2.24) is 24.5 Å². The van der Waals surface area contributed by atoms with Gasteiger partial charge in [0.2, 0.25) is 0 Å². The molecule has 0 saturated carbocycles. The third-order valence-corrected chi connectivity index (χ3v) is 5.75. The van der Waals surface area contributed by atoms with Crippen molar-refractivity contribution in [2.75, 3.05) is 0 Å². The van der Waals surface area contributed by atoms with E-state index in [-0.39, 0.29) is 0 Å². The van der Waals surface area contributed by atoms with E-state index >= 15 is 0 Å². The Morgan fingerprint density at radius 2 is 1.84 bits per heavy atom. The third-order valence-electron chi connectivity index (χ3n) is 5.49. The number of pyridine rings is 1. The number of aromatic nitrogens is 5. The summed E-state index contributed by atoms with van der Waals surface area (Å²) in [6, 6.07) is 15.8. The number of halogens is 1. The second-order valence-electron chi connectivity index (χ2n) is 8.40. The molecule has 0 N–H and O–H groups in total. The van der Waals surface area contributed by atoms with Gasteiger partial charge in [0, 0.05) is 34.6 Å². The van der Waals surface area contributed by atoms with Crippen LogP contribution in [0.2, 0.25) is 5.02 Å². The average molecular weight is 446 g/mol. The number of ether oxygens (including phenoxy) is 1. The molecule has 5 aromatic rings. The predicted molar refractivity (Wildman–Crippen MR) is 128 cm³/mol. The van der Waals surface area contributed by atoms with E-state index in [0.29, 0.717) is 17.5 Å². The van der Waals surface area contributed by atoms with Gasteiger partial charge in [0.1, 0.15) is 18.1 Å². The molecule has 32 heavy (non-hydrogen) atoms. The number of nitrogens with zero attached hydrogens (tertiary/aromatic N) is 5. The molecule has 162 valence electrons. The first kappa shape index (κ1) is 20.5. The number of hydrogen-bond acceptors (Lipinski definition) is 4. The highest BCUT2D eigenvalue weighted by atomic mass is 35.5. The van der Waals surface area contributed by atoms with Crippen LogP contribution in [0, 0.1) is 12.8 Å². The lowest BCUT2D eigenvalue weighted by Gasteiger charge is -2.12. The van der Waals surface area contributed by atoms with Crippen LogP contribution in [0.4, 0.5) is 0 Å². The Labute approximate surface area is 191 Å². The van der Waals surface area contributed by atoms with E-state index in [1.807, 2.05) is 42.7 Å². The molecular weight excluding hydrogens is 422 g/mol. The monoisotopic (exact) mass is 445 g/mol. The summed E-state index contributed by atoms with van der Waals surface area (Å²) in [5, 5.41) is 11.6. The quantitative estimate of drug-likeness (QED) is 0.323. The predicted octanol–water partition coefficient (Wildman–Crippen LogP) is 5.97. The van der Waals surface area contributed by atoms with Gasteiger partial charge in [0.25, 0.3) is 0 Å². The van der Waals surface area contributed by atoms with E-state index in [4.69, 9.17) is 16.3 Å². The molecule has 0 saturated heterocycles. The Morgan fingerprint density at radius 3 is 2.62 bits per heavy atom. The van der Waals surface area contributed by atoms with Crippen LogP contribution in [-0.4, -0.2) is 24.5 Å². The molecule has 7 heteroatoms. The topological polar surface area (TPSA) is 57.8 Å². The van der Waals surface area contributed by atoms with Gasteiger partial charge in [-0.05, 0) is 55.3 Å². The molecule has 0 aliphatic carbocycles. The highest BCUT2D eigenvalue weighted by Crippen LogP contribution is 2.33. The van der Waals surface area contributed by atoms with E-state index in [0.717, 1.165) is 34.9 Å². The lowest BCUT2D eigenvalue weighted by molar-refractivity contribution is 0.301. The van der Waals surface area contributed by atoms with E-state index in [1.54, 1.807) is 4.68 Å². The summed E-state index contributed by atoms with van der Waals surface area (Å²) in [4.78, 5) is 4.52. The van der Waals surface area contributed by atoms with Gasteiger partial charge in [0.15, 0.2) is 0 Å². The molecule has 0 unspecified atom stereocenters. The van der Waals surface area contributed by atoms with Crippen molar-refractivity contribution in [2.45, 2.75) is 33.9 Å². The van der Waals surface area contributed by atoms with Crippen LogP contribution >= 0.6 is 11.6 Å². The molecule has 0 spiro atoms. The van der Waals surface area contributed by atoms with Crippen LogP contribution in [0.3, 0.4) is 0 Å². The first-order valence-corrected chi connectivity index (χ1v) is 11.0. The smallest absolute Gasteiger partial charge is 0.134 e. The van der Waals surface area contributed by atoms with Crippen molar-refractivity contribution in [3.05, 3.63) is 77.3 Å². The highest BCUT2D eigenvalue weighted by molar-refractivity contribution is 6.30. The summed E-state index contributed by atoms with van der Waals surface area (Å²) >= 11 is 5.97. The average Bonchev–Trinajstić information content (AvgIpc) is 3.37. The lowest BCUT2D eigenvalue weighted by atomic mass is 10.1. The van der Waals surface area contributed by atoms with Gasteiger partial charge < -0.3 is 9.30 Å². The molecule has 0 aliphatic rings. The Balaban J connectivity index is 1.43. The van der Waals surface area contributed by atoms with Gasteiger partial charge in [0.05, 0.1) is 28.6 Å². The largest absolute Gasteiger partial charge is 0.487 e. The molecule has 6 nitrogen and oxygen atoms in total. The van der Waals surface area contributed by atoms with Gasteiger partial charge in [-0.25, -0.2) is 4.68 Å². The summed E-state index contributed by atoms with van der Waals surface area (Å²) < 4.78 is 10.2. The molecule has 0 amide bonds. The summed E-state index contributed by atoms with van der Waals surface area (Å²) in [5.74, 6) is 1.32. The molecule has 3 heterocycles. The third kappa shape index (κ3) is 3.82. The summed E-state index contributed by atoms with van der Waals surface area (Å²) in [6.07, 6.45) is 3.75. The lowest BCUT2D eigenvalue weighted by Crippen LogP contribution is -2.05. The van der Waals surface area contributed by atoms with Gasteiger partial charge in [-0.15, -0.1) is 5.10 Å². The van der Waals surface area contributed by atoms with Crippen molar-refractivity contribution in [3.8, 4) is 11.4 Å². The van der Waals surface area contributed by atoms with Crippen LogP contribution in [0.25, 0.3) is 27.5 Å². The van der Waals surface area contributed by atoms with Crippen LogP contribution in [0.15, 0.2) is 60.9 Å². The maximum absolute atomic E-state index is 6.09. The zero-order valence-corrected chi connectivity index (χ0v) is 19.0. The molecule has 0 bridgehead atoms. The maximum atomic E-state index is 6.09. The molecule has 0 aliphatic heterocycles. The van der Waals surface area contributed by atoms with Gasteiger partial charge in [-0.1, -0.05) is 30.7 Å². The van der Waals surface area contributed by atoms with Gasteiger partial charge in [-0.3, -0.25) is 4.98 Å². The van der Waals surface area contributed by atoms with Crippen LogP contribution in [-0.2, 0) is 13.2 Å². The molecule has 2 aromatic carbocycles. The first-order valence-electron chi connectivity index (χ1n) is 10.7. The highest BCUT2D eigenvalue weighted by Gasteiger charge is 2.15. The number of rotatable bonds is 6. The normalized spacial score (nSPS) is 11.7. The number of hydrogen-bond donors (Lipinski definition) is 0. The Bertz CT molecular complexity index is 1400. The fraction of sp³-hybridized carbons (Fsp3) is 0.240.